The molecule has 0 bridgehead atoms. The van der Waals surface area contributed by atoms with Gasteiger partial charge in [0.05, 0.1) is 5.69 Å². The monoisotopic (exact) mass is 358 g/mol. The van der Waals surface area contributed by atoms with Crippen LogP contribution in [0.3, 0.4) is 0 Å². The number of hydrogen-bond acceptors (Lipinski definition) is 5. The van der Waals surface area contributed by atoms with Crippen molar-refractivity contribution in [2.24, 2.45) is 5.41 Å². The quantitative estimate of drug-likeness (QED) is 0.739. The van der Waals surface area contributed by atoms with Crippen LogP contribution in [0.2, 0.25) is 0 Å². The highest BCUT2D eigenvalue weighted by molar-refractivity contribution is 5.68. The average molecular weight is 358 g/mol. The van der Waals surface area contributed by atoms with Gasteiger partial charge in [0.25, 0.3) is 0 Å². The van der Waals surface area contributed by atoms with Gasteiger partial charge >= 0.3 is 0 Å². The number of aromatic nitrogens is 4. The van der Waals surface area contributed by atoms with Crippen LogP contribution in [0.25, 0.3) is 11.3 Å². The summed E-state index contributed by atoms with van der Waals surface area (Å²) in [5.74, 6) is 0.667. The smallest absolute Gasteiger partial charge is 0.143 e. The normalized spacial score (nSPS) is 15.0. The zero-order chi connectivity index (χ0) is 18.9. The summed E-state index contributed by atoms with van der Waals surface area (Å²) in [4.78, 5) is 8.50. The van der Waals surface area contributed by atoms with Gasteiger partial charge in [-0.1, -0.05) is 19.9 Å². The number of anilines is 1. The van der Waals surface area contributed by atoms with Gasteiger partial charge in [0.15, 0.2) is 0 Å². The third-order valence-corrected chi connectivity index (χ3v) is 5.07. The number of nitrogens with one attached hydrogen (secondary N) is 2. The first-order chi connectivity index (χ1) is 13.0. The summed E-state index contributed by atoms with van der Waals surface area (Å²) in [6.45, 7) is 5.18. The van der Waals surface area contributed by atoms with Gasteiger partial charge in [0.2, 0.25) is 0 Å². The lowest BCUT2D eigenvalue weighted by Crippen LogP contribution is -2.21. The Balaban J connectivity index is 1.64. The van der Waals surface area contributed by atoms with Crippen LogP contribution in [0.4, 0.5) is 5.82 Å². The molecule has 3 aromatic rings. The van der Waals surface area contributed by atoms with Gasteiger partial charge < -0.3 is 5.32 Å². The van der Waals surface area contributed by atoms with E-state index in [4.69, 9.17) is 0 Å². The van der Waals surface area contributed by atoms with E-state index in [9.17, 15) is 5.26 Å². The Hall–Kier alpha value is -3.20. The zero-order valence-corrected chi connectivity index (χ0v) is 15.6. The number of pyridine rings is 2. The SMILES string of the molecule is CC1(C)CCc2c(-c3cc(C#N)nc(NCc4cccnc4)c3)n[nH]c2C1. The molecule has 4 rings (SSSR count). The molecule has 0 aromatic carbocycles. The van der Waals surface area contributed by atoms with Crippen LogP contribution < -0.4 is 5.32 Å². The molecule has 1 aliphatic carbocycles. The molecule has 0 aliphatic heterocycles. The van der Waals surface area contributed by atoms with Crippen molar-refractivity contribution in [2.45, 2.75) is 39.7 Å². The number of nitriles is 1. The van der Waals surface area contributed by atoms with Crippen molar-refractivity contribution >= 4 is 5.82 Å². The molecular formula is C21H22N6. The second-order valence-electron chi connectivity index (χ2n) is 7.82. The summed E-state index contributed by atoms with van der Waals surface area (Å²) in [6, 6.07) is 9.84. The van der Waals surface area contributed by atoms with Crippen molar-refractivity contribution in [2.75, 3.05) is 5.32 Å². The van der Waals surface area contributed by atoms with Crippen LogP contribution in [-0.4, -0.2) is 20.2 Å². The van der Waals surface area contributed by atoms with Crippen LogP contribution in [-0.2, 0) is 19.4 Å². The molecule has 2 N–H and O–H groups in total. The van der Waals surface area contributed by atoms with Gasteiger partial charge in [-0.05, 0) is 48.4 Å². The van der Waals surface area contributed by atoms with Crippen molar-refractivity contribution in [3.63, 3.8) is 0 Å². The fraction of sp³-hybridized carbons (Fsp3) is 0.333. The summed E-state index contributed by atoms with van der Waals surface area (Å²) in [5, 5.41) is 20.5. The minimum atomic E-state index is 0.295. The number of hydrogen-bond donors (Lipinski definition) is 2. The summed E-state index contributed by atoms with van der Waals surface area (Å²) in [7, 11) is 0. The molecule has 0 amide bonds. The first-order valence-corrected chi connectivity index (χ1v) is 9.15. The minimum absolute atomic E-state index is 0.295. The van der Waals surface area contributed by atoms with Gasteiger partial charge in [-0.3, -0.25) is 10.1 Å². The Morgan fingerprint density at radius 1 is 1.33 bits per heavy atom. The Morgan fingerprint density at radius 2 is 2.22 bits per heavy atom. The molecule has 0 atom stereocenters. The average Bonchev–Trinajstić information content (AvgIpc) is 3.08. The lowest BCUT2D eigenvalue weighted by atomic mass is 9.76. The van der Waals surface area contributed by atoms with E-state index in [1.807, 2.05) is 30.5 Å². The van der Waals surface area contributed by atoms with Crippen molar-refractivity contribution in [3.05, 3.63) is 59.2 Å². The van der Waals surface area contributed by atoms with Crippen molar-refractivity contribution < 1.29 is 0 Å². The number of nitrogens with zero attached hydrogens (tertiary/aromatic N) is 4. The second kappa shape index (κ2) is 6.84. The summed E-state index contributed by atoms with van der Waals surface area (Å²) in [5.41, 5.74) is 6.07. The topological polar surface area (TPSA) is 90.3 Å². The van der Waals surface area contributed by atoms with Gasteiger partial charge in [-0.25, -0.2) is 4.98 Å². The Bertz CT molecular complexity index is 997. The summed E-state index contributed by atoms with van der Waals surface area (Å²) in [6.07, 6.45) is 6.69. The predicted octanol–water partition coefficient (Wildman–Crippen LogP) is 3.87. The minimum Gasteiger partial charge on any atom is -0.366 e. The molecule has 6 heteroatoms. The van der Waals surface area contributed by atoms with E-state index in [0.29, 0.717) is 23.5 Å². The van der Waals surface area contributed by atoms with Gasteiger partial charge in [0, 0.05) is 35.8 Å². The van der Waals surface area contributed by atoms with Crippen molar-refractivity contribution in [1.82, 2.24) is 20.2 Å². The van der Waals surface area contributed by atoms with E-state index < -0.39 is 0 Å². The highest BCUT2D eigenvalue weighted by atomic mass is 15.1. The lowest BCUT2D eigenvalue weighted by molar-refractivity contribution is 0.312. The third-order valence-electron chi connectivity index (χ3n) is 5.07. The molecule has 3 heterocycles. The van der Waals surface area contributed by atoms with E-state index in [0.717, 1.165) is 36.1 Å². The standard InChI is InChI=1S/C21H22N6/c1-21(2)6-5-17-18(10-21)26-27-20(17)15-8-16(11-22)25-19(9-15)24-13-14-4-3-7-23-12-14/h3-4,7-9,12H,5-6,10,13H2,1-2H3,(H,24,25)(H,26,27). The maximum atomic E-state index is 9.40. The fourth-order valence-corrected chi connectivity index (χ4v) is 3.60. The third kappa shape index (κ3) is 3.68. The van der Waals surface area contributed by atoms with Gasteiger partial charge in [0.1, 0.15) is 17.6 Å². The molecule has 0 fully saturated rings. The zero-order valence-electron chi connectivity index (χ0n) is 15.6. The van der Waals surface area contributed by atoms with Crippen LogP contribution in [0.15, 0.2) is 36.7 Å². The molecule has 0 unspecified atom stereocenters. The van der Waals surface area contributed by atoms with Crippen LogP contribution >= 0.6 is 0 Å². The molecule has 3 aromatic heterocycles. The largest absolute Gasteiger partial charge is 0.366 e. The van der Waals surface area contributed by atoms with Crippen molar-refractivity contribution in [3.8, 4) is 17.3 Å². The van der Waals surface area contributed by atoms with Crippen LogP contribution in [0, 0.1) is 16.7 Å². The molecule has 0 saturated heterocycles. The number of H-pyrrole nitrogens is 1. The van der Waals surface area contributed by atoms with Gasteiger partial charge in [-0.2, -0.15) is 10.4 Å². The predicted molar refractivity (Wildman–Crippen MR) is 104 cm³/mol. The highest BCUT2D eigenvalue weighted by Crippen LogP contribution is 2.38. The number of aromatic amines is 1. The van der Waals surface area contributed by atoms with E-state index >= 15 is 0 Å². The van der Waals surface area contributed by atoms with E-state index in [-0.39, 0.29) is 0 Å². The van der Waals surface area contributed by atoms with E-state index in [1.54, 1.807) is 6.20 Å². The number of rotatable bonds is 4. The first-order valence-electron chi connectivity index (χ1n) is 9.15. The van der Waals surface area contributed by atoms with Gasteiger partial charge in [-0.15, -0.1) is 0 Å². The Kier molecular flexibility index (Phi) is 4.36. The first kappa shape index (κ1) is 17.2. The molecule has 0 radical (unpaired) electrons. The fourth-order valence-electron chi connectivity index (χ4n) is 3.60. The van der Waals surface area contributed by atoms with E-state index in [2.05, 4.69) is 45.4 Å². The molecule has 0 saturated carbocycles. The summed E-state index contributed by atoms with van der Waals surface area (Å²) >= 11 is 0. The summed E-state index contributed by atoms with van der Waals surface area (Å²) < 4.78 is 0. The molecule has 1 aliphatic rings. The molecule has 27 heavy (non-hydrogen) atoms. The van der Waals surface area contributed by atoms with E-state index in [1.165, 1.54) is 11.3 Å². The van der Waals surface area contributed by atoms with Crippen molar-refractivity contribution in [1.29, 1.82) is 5.26 Å². The second-order valence-corrected chi connectivity index (χ2v) is 7.82. The molecule has 136 valence electrons. The molecule has 6 nitrogen and oxygen atoms in total. The molecular weight excluding hydrogens is 336 g/mol. The maximum Gasteiger partial charge on any atom is 0.143 e. The maximum absolute atomic E-state index is 9.40. The molecule has 0 spiro atoms. The Labute approximate surface area is 158 Å². The lowest BCUT2D eigenvalue weighted by Gasteiger charge is -2.29. The van der Waals surface area contributed by atoms with Crippen LogP contribution in [0.5, 0.6) is 0 Å². The van der Waals surface area contributed by atoms with Crippen LogP contribution in [0.1, 0.15) is 42.8 Å². The number of fused-ring (bicyclic) bond motifs is 1. The highest BCUT2D eigenvalue weighted by Gasteiger charge is 2.29. The Morgan fingerprint density at radius 3 is 3.00 bits per heavy atom.